The average molecular weight is 287 g/mol. The summed E-state index contributed by atoms with van der Waals surface area (Å²) < 4.78 is 0. The summed E-state index contributed by atoms with van der Waals surface area (Å²) in [5.74, 6) is 0.0945. The number of hydrogen-bond acceptors (Lipinski definition) is 3. The molecular formula is C17H25N3O. The van der Waals surface area contributed by atoms with E-state index in [-0.39, 0.29) is 5.91 Å². The number of nitrogens with two attached hydrogens (primary N) is 1. The van der Waals surface area contributed by atoms with Gasteiger partial charge in [-0.3, -0.25) is 4.79 Å². The third-order valence-electron chi connectivity index (χ3n) is 4.74. The van der Waals surface area contributed by atoms with E-state index in [0.29, 0.717) is 17.9 Å². The molecule has 1 atom stereocenters. The van der Waals surface area contributed by atoms with Gasteiger partial charge in [-0.25, -0.2) is 0 Å². The summed E-state index contributed by atoms with van der Waals surface area (Å²) >= 11 is 0. The predicted octanol–water partition coefficient (Wildman–Crippen LogP) is 3.53. The summed E-state index contributed by atoms with van der Waals surface area (Å²) in [5, 5.41) is 6.54. The summed E-state index contributed by atoms with van der Waals surface area (Å²) in [6, 6.07) is 4.47. The number of aryl methyl sites for hydroxylation is 1. The first-order chi connectivity index (χ1) is 9.93. The molecule has 1 heterocycles. The quantitative estimate of drug-likeness (QED) is 0.729. The molecule has 4 heteroatoms. The Labute approximate surface area is 126 Å². The van der Waals surface area contributed by atoms with Gasteiger partial charge in [0.1, 0.15) is 0 Å². The molecule has 2 aliphatic rings. The van der Waals surface area contributed by atoms with Crippen LogP contribution < -0.4 is 16.4 Å². The van der Waals surface area contributed by atoms with Gasteiger partial charge in [0.15, 0.2) is 0 Å². The summed E-state index contributed by atoms with van der Waals surface area (Å²) in [6.45, 7) is 4.66. The van der Waals surface area contributed by atoms with E-state index >= 15 is 0 Å². The molecule has 114 valence electrons. The van der Waals surface area contributed by atoms with E-state index in [0.717, 1.165) is 35.5 Å². The van der Waals surface area contributed by atoms with Crippen LogP contribution in [-0.2, 0) is 11.2 Å². The van der Waals surface area contributed by atoms with Crippen molar-refractivity contribution in [2.24, 2.45) is 5.41 Å². The van der Waals surface area contributed by atoms with E-state index in [1.807, 2.05) is 12.1 Å². The highest BCUT2D eigenvalue weighted by Gasteiger charge is 2.28. The van der Waals surface area contributed by atoms with Gasteiger partial charge in [0.05, 0.1) is 11.4 Å². The van der Waals surface area contributed by atoms with Crippen molar-refractivity contribution in [1.82, 2.24) is 0 Å². The molecule has 0 radical (unpaired) electrons. The Balaban J connectivity index is 1.79. The number of amides is 1. The molecule has 1 saturated carbocycles. The van der Waals surface area contributed by atoms with Gasteiger partial charge in [-0.2, -0.15) is 0 Å². The van der Waals surface area contributed by atoms with Crippen LogP contribution in [0.3, 0.4) is 0 Å². The molecule has 21 heavy (non-hydrogen) atoms. The number of carbonyl (C=O) groups is 1. The zero-order valence-corrected chi connectivity index (χ0v) is 13.0. The predicted molar refractivity (Wildman–Crippen MR) is 87.5 cm³/mol. The molecule has 1 unspecified atom stereocenters. The maximum Gasteiger partial charge on any atom is 0.224 e. The molecule has 4 nitrogen and oxygen atoms in total. The van der Waals surface area contributed by atoms with Crippen LogP contribution in [0.5, 0.6) is 0 Å². The average Bonchev–Trinajstić information content (AvgIpc) is 2.39. The molecule has 1 fully saturated rings. The summed E-state index contributed by atoms with van der Waals surface area (Å²) in [4.78, 5) is 11.5. The fourth-order valence-corrected chi connectivity index (χ4v) is 3.61. The Morgan fingerprint density at radius 3 is 2.90 bits per heavy atom. The van der Waals surface area contributed by atoms with Crippen molar-refractivity contribution in [2.45, 2.75) is 58.4 Å². The van der Waals surface area contributed by atoms with E-state index in [1.165, 1.54) is 19.3 Å². The molecule has 0 spiro atoms. The zero-order valence-electron chi connectivity index (χ0n) is 13.0. The van der Waals surface area contributed by atoms with Crippen LogP contribution in [0, 0.1) is 5.41 Å². The molecule has 3 rings (SSSR count). The van der Waals surface area contributed by atoms with E-state index in [9.17, 15) is 4.79 Å². The molecular weight excluding hydrogens is 262 g/mol. The first-order valence-electron chi connectivity index (χ1n) is 7.92. The monoisotopic (exact) mass is 287 g/mol. The highest BCUT2D eigenvalue weighted by Crippen LogP contribution is 2.38. The Bertz CT molecular complexity index is 565. The SMILES string of the molecule is CC1(C)CCCC(Nc2cc3c(cc2N)CCC(=O)N3)C1. The molecule has 1 aliphatic heterocycles. The van der Waals surface area contributed by atoms with Crippen LogP contribution in [0.2, 0.25) is 0 Å². The maximum atomic E-state index is 11.5. The molecule has 1 aliphatic carbocycles. The van der Waals surface area contributed by atoms with Gasteiger partial charge in [-0.05, 0) is 48.8 Å². The minimum atomic E-state index is 0.0945. The van der Waals surface area contributed by atoms with Crippen LogP contribution in [-0.4, -0.2) is 11.9 Å². The number of benzene rings is 1. The van der Waals surface area contributed by atoms with Crippen molar-refractivity contribution in [3.8, 4) is 0 Å². The highest BCUT2D eigenvalue weighted by molar-refractivity contribution is 5.95. The van der Waals surface area contributed by atoms with Gasteiger partial charge in [-0.1, -0.05) is 20.3 Å². The summed E-state index contributed by atoms with van der Waals surface area (Å²) in [7, 11) is 0. The van der Waals surface area contributed by atoms with Crippen molar-refractivity contribution in [3.63, 3.8) is 0 Å². The van der Waals surface area contributed by atoms with Crippen LogP contribution >= 0.6 is 0 Å². The molecule has 0 aromatic heterocycles. The van der Waals surface area contributed by atoms with Crippen molar-refractivity contribution >= 4 is 23.0 Å². The largest absolute Gasteiger partial charge is 0.397 e. The second-order valence-corrected chi connectivity index (χ2v) is 7.25. The van der Waals surface area contributed by atoms with E-state index in [2.05, 4.69) is 24.5 Å². The van der Waals surface area contributed by atoms with Crippen LogP contribution in [0.25, 0.3) is 0 Å². The van der Waals surface area contributed by atoms with Gasteiger partial charge in [0, 0.05) is 18.2 Å². The smallest absolute Gasteiger partial charge is 0.224 e. The van der Waals surface area contributed by atoms with Crippen molar-refractivity contribution in [2.75, 3.05) is 16.4 Å². The fourth-order valence-electron chi connectivity index (χ4n) is 3.61. The summed E-state index contributed by atoms with van der Waals surface area (Å²) in [6.07, 6.45) is 6.23. The minimum absolute atomic E-state index is 0.0945. The Hall–Kier alpha value is -1.71. The minimum Gasteiger partial charge on any atom is -0.397 e. The van der Waals surface area contributed by atoms with E-state index in [1.54, 1.807) is 0 Å². The number of anilines is 3. The van der Waals surface area contributed by atoms with Gasteiger partial charge in [0.25, 0.3) is 0 Å². The molecule has 1 aromatic rings. The van der Waals surface area contributed by atoms with Gasteiger partial charge in [0.2, 0.25) is 5.91 Å². The molecule has 1 aromatic carbocycles. The number of nitrogen functional groups attached to an aromatic ring is 1. The van der Waals surface area contributed by atoms with Crippen LogP contribution in [0.1, 0.15) is 51.5 Å². The highest BCUT2D eigenvalue weighted by atomic mass is 16.1. The summed E-state index contributed by atoms with van der Waals surface area (Å²) in [5.41, 5.74) is 10.4. The van der Waals surface area contributed by atoms with E-state index < -0.39 is 0 Å². The zero-order chi connectivity index (χ0) is 15.0. The third kappa shape index (κ3) is 3.14. The van der Waals surface area contributed by atoms with Crippen LogP contribution in [0.4, 0.5) is 17.1 Å². The molecule has 1 amide bonds. The Morgan fingerprint density at radius 2 is 2.14 bits per heavy atom. The fraction of sp³-hybridized carbons (Fsp3) is 0.588. The first-order valence-corrected chi connectivity index (χ1v) is 7.92. The number of nitrogens with one attached hydrogen (secondary N) is 2. The second kappa shape index (κ2) is 5.24. The molecule has 0 bridgehead atoms. The number of rotatable bonds is 2. The van der Waals surface area contributed by atoms with Crippen molar-refractivity contribution < 1.29 is 4.79 Å². The normalized spacial score (nSPS) is 24.1. The lowest BCUT2D eigenvalue weighted by Crippen LogP contribution is -2.32. The second-order valence-electron chi connectivity index (χ2n) is 7.25. The van der Waals surface area contributed by atoms with Crippen LogP contribution in [0.15, 0.2) is 12.1 Å². The topological polar surface area (TPSA) is 67.1 Å². The van der Waals surface area contributed by atoms with E-state index in [4.69, 9.17) is 5.73 Å². The lowest BCUT2D eigenvalue weighted by molar-refractivity contribution is -0.116. The lowest BCUT2D eigenvalue weighted by Gasteiger charge is -2.36. The van der Waals surface area contributed by atoms with Crippen molar-refractivity contribution in [3.05, 3.63) is 17.7 Å². The van der Waals surface area contributed by atoms with Gasteiger partial charge < -0.3 is 16.4 Å². The first kappa shape index (κ1) is 14.2. The Morgan fingerprint density at radius 1 is 1.33 bits per heavy atom. The Kier molecular flexibility index (Phi) is 3.56. The number of hydrogen-bond donors (Lipinski definition) is 3. The third-order valence-corrected chi connectivity index (χ3v) is 4.74. The number of fused-ring (bicyclic) bond motifs is 1. The molecule has 0 saturated heterocycles. The maximum absolute atomic E-state index is 11.5. The lowest BCUT2D eigenvalue weighted by atomic mass is 9.75. The van der Waals surface area contributed by atoms with Gasteiger partial charge >= 0.3 is 0 Å². The van der Waals surface area contributed by atoms with Gasteiger partial charge in [-0.15, -0.1) is 0 Å². The number of carbonyl (C=O) groups excluding carboxylic acids is 1. The molecule has 4 N–H and O–H groups in total. The standard InChI is InChI=1S/C17H25N3O/c1-17(2)7-3-4-12(10-17)19-15-9-14-11(8-13(15)18)5-6-16(21)20-14/h8-9,12,19H,3-7,10,18H2,1-2H3,(H,20,21). The van der Waals surface area contributed by atoms with Crippen molar-refractivity contribution in [1.29, 1.82) is 0 Å².